The van der Waals surface area contributed by atoms with E-state index in [9.17, 15) is 14.4 Å². The van der Waals surface area contributed by atoms with Gasteiger partial charge in [0.1, 0.15) is 12.6 Å². The van der Waals surface area contributed by atoms with Crippen molar-refractivity contribution in [2.75, 3.05) is 26.2 Å². The molecule has 0 aromatic heterocycles. The summed E-state index contributed by atoms with van der Waals surface area (Å²) in [4.78, 5) is 40.0. The first kappa shape index (κ1) is 21.2. The fourth-order valence-corrected chi connectivity index (χ4v) is 2.69. The highest BCUT2D eigenvalue weighted by atomic mass is 16.5. The first-order chi connectivity index (χ1) is 11.7. The molecule has 1 unspecified atom stereocenters. The van der Waals surface area contributed by atoms with Crippen LogP contribution < -0.4 is 0 Å². The van der Waals surface area contributed by atoms with Gasteiger partial charge in [-0.3, -0.25) is 14.4 Å². The Morgan fingerprint density at radius 2 is 1.80 bits per heavy atom. The number of nitrogens with zero attached hydrogens (tertiary/aromatic N) is 2. The van der Waals surface area contributed by atoms with Gasteiger partial charge >= 0.3 is 5.97 Å². The summed E-state index contributed by atoms with van der Waals surface area (Å²) in [7, 11) is 0. The monoisotopic (exact) mass is 352 g/mol. The van der Waals surface area contributed by atoms with Gasteiger partial charge in [0.15, 0.2) is 0 Å². The number of carbonyl (C=O) groups excluding carboxylic acids is 3. The predicted octanol–water partition coefficient (Wildman–Crippen LogP) is 2.38. The molecule has 1 atom stereocenters. The van der Waals surface area contributed by atoms with Crippen molar-refractivity contribution in [1.82, 2.24) is 9.80 Å². The number of hydrogen-bond donors (Lipinski definition) is 0. The van der Waals surface area contributed by atoms with Crippen LogP contribution in [0.25, 0.3) is 0 Å². The van der Waals surface area contributed by atoms with E-state index >= 15 is 0 Å². The fourth-order valence-electron chi connectivity index (χ4n) is 2.69. The number of carbonyl (C=O) groups is 3. The predicted molar refractivity (Wildman–Crippen MR) is 96.8 cm³/mol. The maximum absolute atomic E-state index is 12.7. The Labute approximate surface area is 151 Å². The summed E-state index contributed by atoms with van der Waals surface area (Å²) < 4.78 is 5.18. The average Bonchev–Trinajstić information content (AvgIpc) is 2.53. The zero-order valence-corrected chi connectivity index (χ0v) is 16.2. The highest BCUT2D eigenvalue weighted by molar-refractivity contribution is 5.95. The highest BCUT2D eigenvalue weighted by Crippen LogP contribution is 2.18. The van der Waals surface area contributed by atoms with Gasteiger partial charge in [-0.05, 0) is 40.0 Å². The van der Waals surface area contributed by atoms with Crippen LogP contribution in [0.2, 0.25) is 0 Å². The second-order valence-corrected chi connectivity index (χ2v) is 7.42. The number of piperazine rings is 1. The number of amides is 2. The number of rotatable bonds is 8. The minimum absolute atomic E-state index is 0.00577. The van der Waals surface area contributed by atoms with Crippen molar-refractivity contribution < 1.29 is 19.1 Å². The molecule has 1 heterocycles. The molecule has 6 nitrogen and oxygen atoms in total. The maximum atomic E-state index is 12.7. The molecule has 1 aliphatic rings. The zero-order chi connectivity index (χ0) is 19.0. The lowest BCUT2D eigenvalue weighted by molar-refractivity contribution is -0.155. The molecule has 0 aromatic carbocycles. The molecule has 1 saturated heterocycles. The first-order valence-electron chi connectivity index (χ1n) is 9.12. The minimum atomic E-state index is -0.530. The average molecular weight is 352 g/mol. The number of esters is 1. The molecule has 0 aromatic rings. The van der Waals surface area contributed by atoms with Crippen molar-refractivity contribution in [2.45, 2.75) is 59.9 Å². The van der Waals surface area contributed by atoms with Crippen LogP contribution in [-0.2, 0) is 19.1 Å². The molecule has 1 fully saturated rings. The summed E-state index contributed by atoms with van der Waals surface area (Å²) >= 11 is 0. The van der Waals surface area contributed by atoms with Gasteiger partial charge in [-0.15, -0.1) is 0 Å². The third-order valence-electron chi connectivity index (χ3n) is 4.03. The Balaban J connectivity index is 2.66. The summed E-state index contributed by atoms with van der Waals surface area (Å²) in [6, 6.07) is -0.456. The van der Waals surface area contributed by atoms with Crippen LogP contribution in [0.15, 0.2) is 12.2 Å². The highest BCUT2D eigenvalue weighted by Gasteiger charge is 2.37. The smallest absolute Gasteiger partial charge is 0.311 e. The van der Waals surface area contributed by atoms with Crippen molar-refractivity contribution >= 4 is 17.8 Å². The van der Waals surface area contributed by atoms with Crippen LogP contribution in [0.4, 0.5) is 0 Å². The lowest BCUT2D eigenvalue weighted by atomic mass is 9.97. The molecule has 0 bridgehead atoms. The van der Waals surface area contributed by atoms with Gasteiger partial charge in [0.2, 0.25) is 11.8 Å². The van der Waals surface area contributed by atoms with E-state index in [0.717, 1.165) is 12.8 Å². The SMILES string of the molecule is CCCN1CC(=O)N(CCC)C(C/C=C\COC(=O)C(C)(C)C)C1=O. The normalized spacial score (nSPS) is 19.0. The van der Waals surface area contributed by atoms with Gasteiger partial charge in [0, 0.05) is 13.1 Å². The topological polar surface area (TPSA) is 66.9 Å². The number of hydrogen-bond acceptors (Lipinski definition) is 4. The Kier molecular flexibility index (Phi) is 8.13. The molecule has 0 saturated carbocycles. The molecular weight excluding hydrogens is 320 g/mol. The Bertz CT molecular complexity index is 508. The Morgan fingerprint density at radius 3 is 2.36 bits per heavy atom. The van der Waals surface area contributed by atoms with Crippen LogP contribution in [-0.4, -0.2) is 59.9 Å². The molecular formula is C19H32N2O4. The second-order valence-electron chi connectivity index (χ2n) is 7.42. The Morgan fingerprint density at radius 1 is 1.16 bits per heavy atom. The molecule has 25 heavy (non-hydrogen) atoms. The van der Waals surface area contributed by atoms with Gasteiger partial charge in [-0.1, -0.05) is 26.0 Å². The van der Waals surface area contributed by atoms with Crippen molar-refractivity contribution in [3.8, 4) is 0 Å². The van der Waals surface area contributed by atoms with Gasteiger partial charge in [-0.25, -0.2) is 0 Å². The second kappa shape index (κ2) is 9.59. The summed E-state index contributed by atoms with van der Waals surface area (Å²) in [5.41, 5.74) is -0.530. The van der Waals surface area contributed by atoms with Gasteiger partial charge in [0.05, 0.1) is 12.0 Å². The minimum Gasteiger partial charge on any atom is -0.461 e. The summed E-state index contributed by atoms with van der Waals surface area (Å²) in [5, 5.41) is 0. The molecule has 0 radical (unpaired) electrons. The molecule has 1 rings (SSSR count). The Hall–Kier alpha value is -1.85. The van der Waals surface area contributed by atoms with E-state index in [-0.39, 0.29) is 30.9 Å². The van der Waals surface area contributed by atoms with E-state index < -0.39 is 11.5 Å². The standard InChI is InChI=1S/C19H32N2O4/c1-6-11-20-14-16(22)21(12-7-2)15(17(20)23)10-8-9-13-25-18(24)19(3,4)5/h8-9,15H,6-7,10-14H2,1-5H3/b9-8-. The summed E-state index contributed by atoms with van der Waals surface area (Å²) in [6.45, 7) is 10.9. The van der Waals surface area contributed by atoms with E-state index in [1.165, 1.54) is 0 Å². The van der Waals surface area contributed by atoms with Gasteiger partial charge in [-0.2, -0.15) is 0 Å². The van der Waals surface area contributed by atoms with Crippen LogP contribution in [0.1, 0.15) is 53.9 Å². The molecule has 1 aliphatic heterocycles. The van der Waals surface area contributed by atoms with Crippen molar-refractivity contribution in [2.24, 2.45) is 5.41 Å². The zero-order valence-electron chi connectivity index (χ0n) is 16.2. The van der Waals surface area contributed by atoms with Crippen LogP contribution in [0.5, 0.6) is 0 Å². The lowest BCUT2D eigenvalue weighted by Gasteiger charge is -2.40. The fraction of sp³-hybridized carbons (Fsp3) is 0.737. The van der Waals surface area contributed by atoms with E-state index in [4.69, 9.17) is 4.74 Å². The molecule has 142 valence electrons. The van der Waals surface area contributed by atoms with Crippen molar-refractivity contribution in [3.05, 3.63) is 12.2 Å². The van der Waals surface area contributed by atoms with E-state index in [0.29, 0.717) is 19.5 Å². The molecule has 0 N–H and O–H groups in total. The van der Waals surface area contributed by atoms with Gasteiger partial charge in [0.25, 0.3) is 0 Å². The van der Waals surface area contributed by atoms with Crippen LogP contribution >= 0.6 is 0 Å². The lowest BCUT2D eigenvalue weighted by Crippen LogP contribution is -2.59. The largest absolute Gasteiger partial charge is 0.461 e. The maximum Gasteiger partial charge on any atom is 0.311 e. The van der Waals surface area contributed by atoms with Gasteiger partial charge < -0.3 is 14.5 Å². The quantitative estimate of drug-likeness (QED) is 0.497. The summed E-state index contributed by atoms with van der Waals surface area (Å²) in [6.07, 6.45) is 5.65. The van der Waals surface area contributed by atoms with E-state index in [1.54, 1.807) is 36.6 Å². The first-order valence-corrected chi connectivity index (χ1v) is 9.12. The van der Waals surface area contributed by atoms with E-state index in [2.05, 4.69) is 0 Å². The molecule has 2 amide bonds. The third-order valence-corrected chi connectivity index (χ3v) is 4.03. The third kappa shape index (κ3) is 6.18. The number of ether oxygens (including phenoxy) is 1. The van der Waals surface area contributed by atoms with Crippen molar-refractivity contribution in [3.63, 3.8) is 0 Å². The molecule has 0 aliphatic carbocycles. The summed E-state index contributed by atoms with van der Waals surface area (Å²) in [5.74, 6) is -0.249. The molecule has 6 heteroatoms. The van der Waals surface area contributed by atoms with Crippen molar-refractivity contribution in [1.29, 1.82) is 0 Å². The van der Waals surface area contributed by atoms with E-state index in [1.807, 2.05) is 19.9 Å². The van der Waals surface area contributed by atoms with Crippen LogP contribution in [0, 0.1) is 5.41 Å². The van der Waals surface area contributed by atoms with Crippen LogP contribution in [0.3, 0.4) is 0 Å². The molecule has 0 spiro atoms.